The zero-order chi connectivity index (χ0) is 24.6. The first-order chi connectivity index (χ1) is 17.0. The Balaban J connectivity index is 1.22. The quantitative estimate of drug-likeness (QED) is 0.568. The predicted octanol–water partition coefficient (Wildman–Crippen LogP) is 1.81. The highest BCUT2D eigenvalue weighted by Crippen LogP contribution is 2.27. The number of nitrogens with one attached hydrogen (secondary N) is 2. The molecule has 0 radical (unpaired) electrons. The largest absolute Gasteiger partial charge is 0.484 e. The number of rotatable bonds is 9. The molecule has 1 atom stereocenters. The maximum atomic E-state index is 12.6. The normalized spacial score (nSPS) is 18.4. The van der Waals surface area contributed by atoms with E-state index in [9.17, 15) is 14.4 Å². The molecular formula is C26H32N4O5. The van der Waals surface area contributed by atoms with E-state index in [1.807, 2.05) is 31.2 Å². The summed E-state index contributed by atoms with van der Waals surface area (Å²) in [5, 5.41) is 5.76. The second kappa shape index (κ2) is 11.8. The number of hydrogen-bond donors (Lipinski definition) is 2. The van der Waals surface area contributed by atoms with Gasteiger partial charge in [-0.1, -0.05) is 12.1 Å². The molecule has 2 N–H and O–H groups in total. The lowest BCUT2D eigenvalue weighted by Crippen LogP contribution is -2.42. The molecule has 2 aromatic rings. The third-order valence-electron chi connectivity index (χ3n) is 6.15. The lowest BCUT2D eigenvalue weighted by Gasteiger charge is -2.26. The number of carbonyl (C=O) groups excluding carboxylic acids is 3. The molecule has 0 spiro atoms. The molecular weight excluding hydrogens is 448 g/mol. The molecule has 2 aliphatic rings. The van der Waals surface area contributed by atoms with Crippen LogP contribution in [0, 0.1) is 12.8 Å². The van der Waals surface area contributed by atoms with Gasteiger partial charge in [0.1, 0.15) is 5.75 Å². The van der Waals surface area contributed by atoms with Crippen LogP contribution < -0.4 is 20.3 Å². The number of benzene rings is 2. The Hall–Kier alpha value is -3.43. The summed E-state index contributed by atoms with van der Waals surface area (Å²) < 4.78 is 10.9. The van der Waals surface area contributed by atoms with Gasteiger partial charge in [-0.2, -0.15) is 0 Å². The highest BCUT2D eigenvalue weighted by Gasteiger charge is 2.35. The Labute approximate surface area is 205 Å². The van der Waals surface area contributed by atoms with E-state index in [4.69, 9.17) is 9.47 Å². The summed E-state index contributed by atoms with van der Waals surface area (Å²) in [5.41, 5.74) is 2.49. The molecule has 0 aromatic heterocycles. The average Bonchev–Trinajstić information content (AvgIpc) is 3.25. The number of aryl methyl sites for hydroxylation is 1. The second-order valence-electron chi connectivity index (χ2n) is 8.85. The van der Waals surface area contributed by atoms with Crippen molar-refractivity contribution >= 4 is 29.1 Å². The van der Waals surface area contributed by atoms with Crippen molar-refractivity contribution in [3.05, 3.63) is 54.1 Å². The molecule has 0 unspecified atom stereocenters. The van der Waals surface area contributed by atoms with E-state index in [0.29, 0.717) is 24.5 Å². The molecule has 9 heteroatoms. The fraction of sp³-hybridized carbons (Fsp3) is 0.423. The topological polar surface area (TPSA) is 100 Å². The van der Waals surface area contributed by atoms with Gasteiger partial charge >= 0.3 is 0 Å². The monoisotopic (exact) mass is 480 g/mol. The molecule has 35 heavy (non-hydrogen) atoms. The van der Waals surface area contributed by atoms with Crippen molar-refractivity contribution in [1.29, 1.82) is 0 Å². The fourth-order valence-electron chi connectivity index (χ4n) is 4.23. The van der Waals surface area contributed by atoms with Crippen LogP contribution in [0.5, 0.6) is 5.75 Å². The first-order valence-corrected chi connectivity index (χ1v) is 12.0. The summed E-state index contributed by atoms with van der Waals surface area (Å²) in [7, 11) is 0. The summed E-state index contributed by atoms with van der Waals surface area (Å²) >= 11 is 0. The first-order valence-electron chi connectivity index (χ1n) is 12.0. The van der Waals surface area contributed by atoms with Gasteiger partial charge in [-0.25, -0.2) is 0 Å². The summed E-state index contributed by atoms with van der Waals surface area (Å²) in [5.74, 6) is -0.263. The Morgan fingerprint density at radius 2 is 1.89 bits per heavy atom. The van der Waals surface area contributed by atoms with E-state index in [1.165, 1.54) is 0 Å². The molecule has 0 saturated carbocycles. The van der Waals surface area contributed by atoms with Gasteiger partial charge in [-0.05, 0) is 48.9 Å². The highest BCUT2D eigenvalue weighted by atomic mass is 16.5. The smallest absolute Gasteiger partial charge is 0.262 e. The van der Waals surface area contributed by atoms with Gasteiger partial charge in [0.25, 0.3) is 5.91 Å². The van der Waals surface area contributed by atoms with Gasteiger partial charge in [-0.3, -0.25) is 19.3 Å². The number of hydrogen-bond acceptors (Lipinski definition) is 6. The standard InChI is InChI=1S/C26H32N4O5/c1-19-3-2-4-21(15-19)28-24(31)18-35-23-7-5-22(6-8-23)30-17-20(16-25(30)32)26(33)27-9-10-29-11-13-34-14-12-29/h2-8,15,20H,9-14,16-18H2,1H3,(H,27,33)(H,28,31)/t20-/m1/s1. The van der Waals surface area contributed by atoms with Crippen molar-refractivity contribution in [3.8, 4) is 5.75 Å². The summed E-state index contributed by atoms with van der Waals surface area (Å²) in [6.45, 7) is 6.74. The second-order valence-corrected chi connectivity index (χ2v) is 8.85. The number of morpholine rings is 1. The van der Waals surface area contributed by atoms with Crippen LogP contribution in [0.25, 0.3) is 0 Å². The first kappa shape index (κ1) is 24.7. The Bertz CT molecular complexity index is 1040. The molecule has 3 amide bonds. The molecule has 0 aliphatic carbocycles. The number of carbonyl (C=O) groups is 3. The maximum absolute atomic E-state index is 12.6. The van der Waals surface area contributed by atoms with Gasteiger partial charge in [0, 0.05) is 50.5 Å². The molecule has 2 aliphatic heterocycles. The summed E-state index contributed by atoms with van der Waals surface area (Å²) in [6.07, 6.45) is 0.195. The number of nitrogens with zero attached hydrogens (tertiary/aromatic N) is 2. The van der Waals surface area contributed by atoms with E-state index in [1.54, 1.807) is 29.2 Å². The minimum atomic E-state index is -0.367. The van der Waals surface area contributed by atoms with Crippen molar-refractivity contribution < 1.29 is 23.9 Å². The lowest BCUT2D eigenvalue weighted by atomic mass is 10.1. The van der Waals surface area contributed by atoms with E-state index in [0.717, 1.165) is 44.1 Å². The molecule has 2 fully saturated rings. The molecule has 9 nitrogen and oxygen atoms in total. The van der Waals surface area contributed by atoms with Crippen molar-refractivity contribution in [2.45, 2.75) is 13.3 Å². The molecule has 2 saturated heterocycles. The van der Waals surface area contributed by atoms with E-state index >= 15 is 0 Å². The molecule has 2 aromatic carbocycles. The predicted molar refractivity (Wildman–Crippen MR) is 132 cm³/mol. The van der Waals surface area contributed by atoms with Gasteiger partial charge in [0.05, 0.1) is 19.1 Å². The van der Waals surface area contributed by atoms with Crippen LogP contribution in [0.1, 0.15) is 12.0 Å². The summed E-state index contributed by atoms with van der Waals surface area (Å²) in [4.78, 5) is 41.1. The van der Waals surface area contributed by atoms with Crippen molar-refractivity contribution in [1.82, 2.24) is 10.2 Å². The van der Waals surface area contributed by atoms with Crippen LogP contribution >= 0.6 is 0 Å². The van der Waals surface area contributed by atoms with Crippen molar-refractivity contribution in [2.75, 3.05) is 62.8 Å². The SMILES string of the molecule is Cc1cccc(NC(=O)COc2ccc(N3C[C@H](C(=O)NCCN4CCOCC4)CC3=O)cc2)c1. The van der Waals surface area contributed by atoms with E-state index < -0.39 is 0 Å². The average molecular weight is 481 g/mol. The minimum absolute atomic E-state index is 0.0791. The molecule has 0 bridgehead atoms. The van der Waals surface area contributed by atoms with Gasteiger partial charge in [0.2, 0.25) is 11.8 Å². The minimum Gasteiger partial charge on any atom is -0.484 e. The Morgan fingerprint density at radius 3 is 2.63 bits per heavy atom. The van der Waals surface area contributed by atoms with Gasteiger partial charge in [0.15, 0.2) is 6.61 Å². The number of anilines is 2. The van der Waals surface area contributed by atoms with Crippen LogP contribution in [-0.4, -0.2) is 75.2 Å². The van der Waals surface area contributed by atoms with E-state index in [-0.39, 0.29) is 36.7 Å². The van der Waals surface area contributed by atoms with Crippen molar-refractivity contribution in [3.63, 3.8) is 0 Å². The van der Waals surface area contributed by atoms with Crippen LogP contribution in [0.15, 0.2) is 48.5 Å². The van der Waals surface area contributed by atoms with Gasteiger partial charge < -0.3 is 25.0 Å². The number of amides is 3. The zero-order valence-electron chi connectivity index (χ0n) is 20.0. The third kappa shape index (κ3) is 7.03. The van der Waals surface area contributed by atoms with Crippen LogP contribution in [0.3, 0.4) is 0 Å². The Morgan fingerprint density at radius 1 is 1.11 bits per heavy atom. The number of ether oxygens (including phenoxy) is 2. The highest BCUT2D eigenvalue weighted by molar-refractivity contribution is 6.00. The van der Waals surface area contributed by atoms with Crippen LogP contribution in [-0.2, 0) is 19.1 Å². The van der Waals surface area contributed by atoms with Crippen LogP contribution in [0.4, 0.5) is 11.4 Å². The van der Waals surface area contributed by atoms with Crippen LogP contribution in [0.2, 0.25) is 0 Å². The Kier molecular flexibility index (Phi) is 8.33. The van der Waals surface area contributed by atoms with E-state index in [2.05, 4.69) is 15.5 Å². The molecule has 4 rings (SSSR count). The maximum Gasteiger partial charge on any atom is 0.262 e. The molecule has 2 heterocycles. The fourth-order valence-corrected chi connectivity index (χ4v) is 4.23. The molecule has 186 valence electrons. The third-order valence-corrected chi connectivity index (χ3v) is 6.15. The zero-order valence-corrected chi connectivity index (χ0v) is 20.0. The van der Waals surface area contributed by atoms with Gasteiger partial charge in [-0.15, -0.1) is 0 Å². The lowest BCUT2D eigenvalue weighted by molar-refractivity contribution is -0.126. The van der Waals surface area contributed by atoms with Crippen molar-refractivity contribution in [2.24, 2.45) is 5.92 Å². The summed E-state index contributed by atoms with van der Waals surface area (Å²) in [6, 6.07) is 14.5.